The number of amides is 1. The van der Waals surface area contributed by atoms with Crippen LogP contribution < -0.4 is 9.62 Å². The molecule has 0 bridgehead atoms. The summed E-state index contributed by atoms with van der Waals surface area (Å²) in [5, 5.41) is 2.76. The number of rotatable bonds is 6. The zero-order chi connectivity index (χ0) is 17.0. The van der Waals surface area contributed by atoms with Gasteiger partial charge in [-0.05, 0) is 49.9 Å². The average Bonchev–Trinajstić information content (AvgIpc) is 2.93. The molecule has 1 fully saturated rings. The van der Waals surface area contributed by atoms with Crippen molar-refractivity contribution < 1.29 is 17.9 Å². The number of carbonyl (C=O) groups excluding carboxylic acids is 1. The summed E-state index contributed by atoms with van der Waals surface area (Å²) in [5.41, 5.74) is 2.42. The van der Waals surface area contributed by atoms with Gasteiger partial charge < -0.3 is 10.1 Å². The molecule has 0 unspecified atom stereocenters. The number of aryl methyl sites for hydroxylation is 2. The fourth-order valence-electron chi connectivity index (χ4n) is 2.71. The fourth-order valence-corrected chi connectivity index (χ4v) is 3.55. The minimum absolute atomic E-state index is 0.0341. The number of hydrogen-bond acceptors (Lipinski definition) is 4. The van der Waals surface area contributed by atoms with Gasteiger partial charge in [-0.3, -0.25) is 9.10 Å². The molecule has 1 aliphatic heterocycles. The third-order valence-electron chi connectivity index (χ3n) is 3.73. The second-order valence-corrected chi connectivity index (χ2v) is 7.96. The third kappa shape index (κ3) is 5.21. The van der Waals surface area contributed by atoms with Crippen molar-refractivity contribution in [3.8, 4) is 0 Å². The first kappa shape index (κ1) is 17.7. The van der Waals surface area contributed by atoms with Gasteiger partial charge in [-0.1, -0.05) is 6.07 Å². The predicted octanol–water partition coefficient (Wildman–Crippen LogP) is 1.36. The van der Waals surface area contributed by atoms with Gasteiger partial charge in [0.1, 0.15) is 6.54 Å². The van der Waals surface area contributed by atoms with Crippen LogP contribution in [-0.2, 0) is 19.6 Å². The van der Waals surface area contributed by atoms with E-state index in [1.807, 2.05) is 19.9 Å². The molecule has 0 aliphatic carbocycles. The van der Waals surface area contributed by atoms with Crippen LogP contribution in [0.3, 0.4) is 0 Å². The zero-order valence-electron chi connectivity index (χ0n) is 13.8. The molecule has 1 aromatic rings. The summed E-state index contributed by atoms with van der Waals surface area (Å²) < 4.78 is 30.7. The highest BCUT2D eigenvalue weighted by molar-refractivity contribution is 7.92. The fraction of sp³-hybridized carbons (Fsp3) is 0.562. The van der Waals surface area contributed by atoms with Crippen molar-refractivity contribution in [1.29, 1.82) is 0 Å². The maximum atomic E-state index is 12.1. The van der Waals surface area contributed by atoms with Crippen LogP contribution in [0.5, 0.6) is 0 Å². The van der Waals surface area contributed by atoms with E-state index in [-0.39, 0.29) is 18.6 Å². The lowest BCUT2D eigenvalue weighted by Crippen LogP contribution is -2.42. The van der Waals surface area contributed by atoms with Crippen molar-refractivity contribution in [2.24, 2.45) is 0 Å². The molecule has 128 valence electrons. The third-order valence-corrected chi connectivity index (χ3v) is 4.87. The topological polar surface area (TPSA) is 75.7 Å². The lowest BCUT2D eigenvalue weighted by atomic mass is 10.1. The average molecular weight is 340 g/mol. The number of sulfonamides is 1. The Morgan fingerprint density at radius 1 is 1.30 bits per heavy atom. The molecule has 7 heteroatoms. The molecule has 1 heterocycles. The summed E-state index contributed by atoms with van der Waals surface area (Å²) in [6.07, 6.45) is 3.07. The van der Waals surface area contributed by atoms with E-state index in [9.17, 15) is 13.2 Å². The Morgan fingerprint density at radius 2 is 1.96 bits per heavy atom. The first-order chi connectivity index (χ1) is 10.8. The number of hydrogen-bond donors (Lipinski definition) is 1. The van der Waals surface area contributed by atoms with Crippen molar-refractivity contribution in [3.05, 3.63) is 29.3 Å². The first-order valence-electron chi connectivity index (χ1n) is 7.70. The van der Waals surface area contributed by atoms with Gasteiger partial charge in [-0.2, -0.15) is 0 Å². The van der Waals surface area contributed by atoms with Crippen molar-refractivity contribution in [2.45, 2.75) is 32.8 Å². The van der Waals surface area contributed by atoms with Crippen LogP contribution in [0.25, 0.3) is 0 Å². The van der Waals surface area contributed by atoms with Crippen LogP contribution in [0.2, 0.25) is 0 Å². The van der Waals surface area contributed by atoms with E-state index in [4.69, 9.17) is 4.74 Å². The molecule has 1 atom stereocenters. The molecule has 0 radical (unpaired) electrons. The highest BCUT2D eigenvalue weighted by Gasteiger charge is 2.22. The van der Waals surface area contributed by atoms with E-state index < -0.39 is 10.0 Å². The van der Waals surface area contributed by atoms with E-state index in [1.165, 1.54) is 0 Å². The van der Waals surface area contributed by atoms with E-state index in [0.717, 1.165) is 41.1 Å². The lowest BCUT2D eigenvalue weighted by Gasteiger charge is -2.23. The van der Waals surface area contributed by atoms with Gasteiger partial charge in [-0.25, -0.2) is 8.42 Å². The highest BCUT2D eigenvalue weighted by atomic mass is 32.2. The van der Waals surface area contributed by atoms with Crippen LogP contribution >= 0.6 is 0 Å². The molecule has 6 nitrogen and oxygen atoms in total. The summed E-state index contributed by atoms with van der Waals surface area (Å²) in [6, 6.07) is 5.49. The second-order valence-electron chi connectivity index (χ2n) is 6.05. The SMILES string of the molecule is Cc1cc(C)cc(N(CC(=O)NC[C@@H]2CCCO2)S(C)(=O)=O)c1. The van der Waals surface area contributed by atoms with Crippen LogP contribution in [0.4, 0.5) is 5.69 Å². The minimum Gasteiger partial charge on any atom is -0.376 e. The molecule has 1 aliphatic rings. The molecule has 2 rings (SSSR count). The van der Waals surface area contributed by atoms with Gasteiger partial charge in [0.15, 0.2) is 0 Å². The second kappa shape index (κ2) is 7.31. The molecule has 0 aromatic heterocycles. The standard InChI is InChI=1S/C16H24N2O4S/c1-12-7-13(2)9-14(8-12)18(23(3,20)21)11-16(19)17-10-15-5-4-6-22-15/h7-9,15H,4-6,10-11H2,1-3H3,(H,17,19)/t15-/m0/s1. The number of nitrogens with zero attached hydrogens (tertiary/aromatic N) is 1. The highest BCUT2D eigenvalue weighted by Crippen LogP contribution is 2.21. The molecule has 0 spiro atoms. The van der Waals surface area contributed by atoms with Gasteiger partial charge in [0.05, 0.1) is 18.0 Å². The van der Waals surface area contributed by atoms with Gasteiger partial charge in [0.25, 0.3) is 0 Å². The monoisotopic (exact) mass is 340 g/mol. The minimum atomic E-state index is -3.54. The van der Waals surface area contributed by atoms with E-state index in [1.54, 1.807) is 12.1 Å². The Hall–Kier alpha value is -1.60. The molecule has 1 aromatic carbocycles. The maximum Gasteiger partial charge on any atom is 0.240 e. The van der Waals surface area contributed by atoms with Gasteiger partial charge >= 0.3 is 0 Å². The Kier molecular flexibility index (Phi) is 5.64. The van der Waals surface area contributed by atoms with Crippen molar-refractivity contribution in [2.75, 3.05) is 30.3 Å². The van der Waals surface area contributed by atoms with Crippen LogP contribution in [0.15, 0.2) is 18.2 Å². The summed E-state index contributed by atoms with van der Waals surface area (Å²) in [7, 11) is -3.54. The summed E-state index contributed by atoms with van der Waals surface area (Å²) in [6.45, 7) is 4.71. The predicted molar refractivity (Wildman–Crippen MR) is 90.1 cm³/mol. The number of benzene rings is 1. The molecule has 1 amide bonds. The normalized spacial score (nSPS) is 18.0. The van der Waals surface area contributed by atoms with Crippen LogP contribution in [0, 0.1) is 13.8 Å². The van der Waals surface area contributed by atoms with Crippen LogP contribution in [-0.4, -0.2) is 46.4 Å². The molecule has 0 saturated carbocycles. The van der Waals surface area contributed by atoms with E-state index in [2.05, 4.69) is 5.32 Å². The summed E-state index contributed by atoms with van der Waals surface area (Å²) in [4.78, 5) is 12.1. The van der Waals surface area contributed by atoms with Crippen molar-refractivity contribution in [1.82, 2.24) is 5.32 Å². The van der Waals surface area contributed by atoms with Crippen molar-refractivity contribution in [3.63, 3.8) is 0 Å². The number of nitrogens with one attached hydrogen (secondary N) is 1. The van der Waals surface area contributed by atoms with Crippen molar-refractivity contribution >= 4 is 21.6 Å². The van der Waals surface area contributed by atoms with Gasteiger partial charge in [0, 0.05) is 13.2 Å². The Labute approximate surface area is 137 Å². The number of carbonyl (C=O) groups is 1. The quantitative estimate of drug-likeness (QED) is 0.848. The van der Waals surface area contributed by atoms with Crippen LogP contribution in [0.1, 0.15) is 24.0 Å². The molecular weight excluding hydrogens is 316 g/mol. The maximum absolute atomic E-state index is 12.1. The van der Waals surface area contributed by atoms with Gasteiger partial charge in [0.2, 0.25) is 15.9 Å². The Balaban J connectivity index is 2.08. The van der Waals surface area contributed by atoms with E-state index >= 15 is 0 Å². The zero-order valence-corrected chi connectivity index (χ0v) is 14.6. The number of anilines is 1. The Morgan fingerprint density at radius 3 is 2.48 bits per heavy atom. The molecule has 23 heavy (non-hydrogen) atoms. The molecular formula is C16H24N2O4S. The largest absolute Gasteiger partial charge is 0.376 e. The molecule has 1 saturated heterocycles. The molecule has 1 N–H and O–H groups in total. The lowest BCUT2D eigenvalue weighted by molar-refractivity contribution is -0.120. The number of ether oxygens (including phenoxy) is 1. The Bertz CT molecular complexity index is 646. The summed E-state index contributed by atoms with van der Waals surface area (Å²) in [5.74, 6) is -0.329. The summed E-state index contributed by atoms with van der Waals surface area (Å²) >= 11 is 0. The van der Waals surface area contributed by atoms with E-state index in [0.29, 0.717) is 12.2 Å². The smallest absolute Gasteiger partial charge is 0.240 e. The first-order valence-corrected chi connectivity index (χ1v) is 9.55. The van der Waals surface area contributed by atoms with Gasteiger partial charge in [-0.15, -0.1) is 0 Å².